The van der Waals surface area contributed by atoms with E-state index in [1.54, 1.807) is 6.20 Å². The van der Waals surface area contributed by atoms with Gasteiger partial charge in [-0.3, -0.25) is 15.0 Å². The third kappa shape index (κ3) is 13.4. The van der Waals surface area contributed by atoms with E-state index in [2.05, 4.69) is 193 Å². The van der Waals surface area contributed by atoms with Gasteiger partial charge >= 0.3 is 0 Å². The Kier molecular flexibility index (Phi) is 16.6. The molecule has 0 saturated carbocycles. The summed E-state index contributed by atoms with van der Waals surface area (Å²) in [4.78, 5) is 25.7. The minimum atomic E-state index is 0.142. The lowest BCUT2D eigenvalue weighted by atomic mass is 9.81. The summed E-state index contributed by atoms with van der Waals surface area (Å²) >= 11 is 0. The van der Waals surface area contributed by atoms with Crippen molar-refractivity contribution in [2.24, 2.45) is 0 Å². The first-order valence-corrected chi connectivity index (χ1v) is 24.3. The largest absolute Gasteiger partial charge is 0.258 e. The van der Waals surface area contributed by atoms with Crippen LogP contribution >= 0.6 is 0 Å². The Balaban J connectivity index is 0.000000131. The van der Waals surface area contributed by atoms with E-state index in [9.17, 15) is 0 Å². The van der Waals surface area contributed by atoms with Crippen molar-refractivity contribution in [3.05, 3.63) is 250 Å². The number of rotatable bonds is 3. The van der Waals surface area contributed by atoms with Crippen LogP contribution in [-0.2, 0) is 5.41 Å². The number of fused-ring (bicyclic) bond motifs is 4. The van der Waals surface area contributed by atoms with Gasteiger partial charge in [0, 0.05) is 45.5 Å². The standard InChI is InChI=1S/C17H18.C13H13N.C12H12N2.C12H12.C11H11N3/c1-11-5-7-13-14-8-6-12(2)10-16(14)17(3,4)15(13)9-11;1-10-8-13(9-11(2)14-10)12-6-4-3-5-7-12;1-9-7-11(8-10(2)14-9)12-5-3-4-6-13-12;1-9-7-10(2)12-6-4-3-5-11(12)8-9;1-8-12-9(2)14-11(13-8)10-6-4-3-5-7-10/h5-10H,1-4H3;3-9H,1-2H3;3-8H,1-2H3;3-8H,1-2H3;3-7H,1-2H3. The Morgan fingerprint density at radius 1 is 0.352 bits per heavy atom. The molecule has 1 aliphatic carbocycles. The zero-order valence-electron chi connectivity index (χ0n) is 43.5. The predicted octanol–water partition coefficient (Wildman–Crippen LogP) is 16.3. The van der Waals surface area contributed by atoms with Crippen LogP contribution in [0, 0.1) is 69.2 Å². The zero-order valence-corrected chi connectivity index (χ0v) is 43.5. The van der Waals surface area contributed by atoms with E-state index in [-0.39, 0.29) is 5.41 Å². The van der Waals surface area contributed by atoms with Gasteiger partial charge in [-0.2, -0.15) is 0 Å². The van der Waals surface area contributed by atoms with E-state index < -0.39 is 0 Å². The molecule has 71 heavy (non-hydrogen) atoms. The van der Waals surface area contributed by atoms with Crippen molar-refractivity contribution in [1.82, 2.24) is 29.9 Å². The van der Waals surface area contributed by atoms with Gasteiger partial charge in [-0.1, -0.05) is 170 Å². The highest BCUT2D eigenvalue weighted by molar-refractivity contribution is 5.86. The molecule has 0 N–H and O–H groups in total. The number of hydrogen-bond donors (Lipinski definition) is 0. The molecular formula is C65H66N6. The van der Waals surface area contributed by atoms with Crippen LogP contribution in [0.4, 0.5) is 0 Å². The van der Waals surface area contributed by atoms with Gasteiger partial charge in [0.2, 0.25) is 0 Å². The number of benzene rings is 6. The van der Waals surface area contributed by atoms with Gasteiger partial charge in [0.15, 0.2) is 5.82 Å². The summed E-state index contributed by atoms with van der Waals surface area (Å²) in [5.41, 5.74) is 21.2. The van der Waals surface area contributed by atoms with Crippen LogP contribution in [0.1, 0.15) is 81.7 Å². The van der Waals surface area contributed by atoms with Crippen LogP contribution < -0.4 is 0 Å². The fourth-order valence-electron chi connectivity index (χ4n) is 9.13. The van der Waals surface area contributed by atoms with Crippen molar-refractivity contribution in [3.63, 3.8) is 0 Å². The molecule has 10 aromatic rings. The highest BCUT2D eigenvalue weighted by atomic mass is 15.0. The smallest absolute Gasteiger partial charge is 0.163 e. The fourth-order valence-corrected chi connectivity index (χ4v) is 9.13. The summed E-state index contributed by atoms with van der Waals surface area (Å²) in [6.07, 6.45) is 1.81. The Morgan fingerprint density at radius 3 is 1.35 bits per heavy atom. The van der Waals surface area contributed by atoms with Gasteiger partial charge in [-0.05, 0) is 155 Å². The third-order valence-electron chi connectivity index (χ3n) is 12.3. The molecule has 4 heterocycles. The van der Waals surface area contributed by atoms with Gasteiger partial charge in [-0.15, -0.1) is 0 Å². The molecule has 0 fully saturated rings. The number of aryl methyl sites for hydroxylation is 10. The molecule has 0 bridgehead atoms. The van der Waals surface area contributed by atoms with Crippen LogP contribution in [0.2, 0.25) is 0 Å². The molecule has 0 spiro atoms. The minimum Gasteiger partial charge on any atom is -0.258 e. The van der Waals surface area contributed by atoms with Gasteiger partial charge in [-0.25, -0.2) is 15.0 Å². The zero-order chi connectivity index (χ0) is 50.7. The number of pyridine rings is 3. The van der Waals surface area contributed by atoms with E-state index in [0.29, 0.717) is 0 Å². The summed E-state index contributed by atoms with van der Waals surface area (Å²) in [7, 11) is 0. The molecule has 0 aliphatic heterocycles. The second kappa shape index (κ2) is 23.1. The predicted molar refractivity (Wildman–Crippen MR) is 298 cm³/mol. The molecule has 6 nitrogen and oxygen atoms in total. The Hall–Kier alpha value is -7.96. The molecule has 0 atom stereocenters. The molecule has 356 valence electrons. The van der Waals surface area contributed by atoms with E-state index >= 15 is 0 Å². The first-order chi connectivity index (χ1) is 34.0. The lowest BCUT2D eigenvalue weighted by Gasteiger charge is -2.22. The summed E-state index contributed by atoms with van der Waals surface area (Å²) < 4.78 is 0. The average Bonchev–Trinajstić information content (AvgIpc) is 3.56. The Bertz CT molecular complexity index is 3060. The molecule has 4 aromatic heterocycles. The van der Waals surface area contributed by atoms with Gasteiger partial charge < -0.3 is 0 Å². The maximum absolute atomic E-state index is 4.36. The van der Waals surface area contributed by atoms with Crippen molar-refractivity contribution >= 4 is 10.8 Å². The summed E-state index contributed by atoms with van der Waals surface area (Å²) in [5, 5.41) is 2.71. The highest BCUT2D eigenvalue weighted by Gasteiger charge is 2.35. The minimum absolute atomic E-state index is 0.142. The second-order valence-corrected chi connectivity index (χ2v) is 19.0. The molecule has 1 aliphatic rings. The topological polar surface area (TPSA) is 77.3 Å². The normalized spacial score (nSPS) is 11.5. The summed E-state index contributed by atoms with van der Waals surface area (Å²) in [6, 6.07) is 61.1. The van der Waals surface area contributed by atoms with Crippen LogP contribution in [0.3, 0.4) is 0 Å². The van der Waals surface area contributed by atoms with Crippen molar-refractivity contribution in [3.8, 4) is 44.9 Å². The SMILES string of the molecule is Cc1cc(-c2ccccc2)cc(C)n1.Cc1cc(-c2ccccn2)cc(C)n1.Cc1cc(C)c2ccccc2c1.Cc1ccc2c(c1)C(C)(C)c1cc(C)ccc1-2.Cc1nc(C)nc(-c2ccccc2)n1. The lowest BCUT2D eigenvalue weighted by molar-refractivity contribution is 0.659. The quantitative estimate of drug-likeness (QED) is 0.176. The van der Waals surface area contributed by atoms with E-state index in [1.807, 2.05) is 96.1 Å². The first kappa shape index (κ1) is 50.9. The number of hydrogen-bond acceptors (Lipinski definition) is 6. The monoisotopic (exact) mass is 931 g/mol. The average molecular weight is 931 g/mol. The first-order valence-electron chi connectivity index (χ1n) is 24.3. The maximum atomic E-state index is 4.36. The van der Waals surface area contributed by atoms with E-state index in [4.69, 9.17) is 0 Å². The van der Waals surface area contributed by atoms with Crippen molar-refractivity contribution in [2.45, 2.75) is 88.5 Å². The molecule has 11 rings (SSSR count). The molecule has 0 radical (unpaired) electrons. The maximum Gasteiger partial charge on any atom is 0.163 e. The molecule has 0 unspecified atom stereocenters. The van der Waals surface area contributed by atoms with Crippen molar-refractivity contribution in [1.29, 1.82) is 0 Å². The molecule has 6 aromatic carbocycles. The highest BCUT2D eigenvalue weighted by Crippen LogP contribution is 2.49. The van der Waals surface area contributed by atoms with Gasteiger partial charge in [0.05, 0.1) is 5.69 Å². The lowest BCUT2D eigenvalue weighted by Crippen LogP contribution is -2.15. The van der Waals surface area contributed by atoms with E-state index in [0.717, 1.165) is 57.1 Å². The summed E-state index contributed by atoms with van der Waals surface area (Å²) in [5.74, 6) is 2.27. The number of aromatic nitrogens is 6. The van der Waals surface area contributed by atoms with Crippen LogP contribution in [0.25, 0.3) is 55.7 Å². The van der Waals surface area contributed by atoms with Crippen LogP contribution in [0.15, 0.2) is 182 Å². The Labute approximate surface area is 422 Å². The van der Waals surface area contributed by atoms with Crippen LogP contribution in [-0.4, -0.2) is 29.9 Å². The molecule has 0 saturated heterocycles. The summed E-state index contributed by atoms with van der Waals surface area (Å²) in [6.45, 7) is 25.1. The van der Waals surface area contributed by atoms with Gasteiger partial charge in [0.25, 0.3) is 0 Å². The molecule has 6 heteroatoms. The Morgan fingerprint density at radius 2 is 0.831 bits per heavy atom. The van der Waals surface area contributed by atoms with Crippen molar-refractivity contribution < 1.29 is 0 Å². The molecular weight excluding hydrogens is 865 g/mol. The van der Waals surface area contributed by atoms with Gasteiger partial charge in [0.1, 0.15) is 11.6 Å². The third-order valence-corrected chi connectivity index (χ3v) is 12.3. The molecule has 0 amide bonds. The van der Waals surface area contributed by atoms with E-state index in [1.165, 1.54) is 66.4 Å². The number of nitrogens with zero attached hydrogens (tertiary/aromatic N) is 6. The van der Waals surface area contributed by atoms with Crippen LogP contribution in [0.5, 0.6) is 0 Å². The second-order valence-electron chi connectivity index (χ2n) is 19.0. The van der Waals surface area contributed by atoms with Crippen molar-refractivity contribution in [2.75, 3.05) is 0 Å². The fraction of sp³-hybridized carbons (Fsp3) is 0.200.